The summed E-state index contributed by atoms with van der Waals surface area (Å²) in [5.41, 5.74) is 0. The minimum absolute atomic E-state index is 0.0999. The van der Waals surface area contributed by atoms with Gasteiger partial charge < -0.3 is 10.2 Å². The molecule has 2 aliphatic heterocycles. The highest BCUT2D eigenvalue weighted by Gasteiger charge is 2.27. The topological polar surface area (TPSA) is 55.9 Å². The second-order valence-electron chi connectivity index (χ2n) is 8.09. The van der Waals surface area contributed by atoms with E-state index in [0.717, 1.165) is 51.7 Å². The summed E-state index contributed by atoms with van der Waals surface area (Å²) in [5.74, 6) is 1.22. The Bertz CT molecular complexity index is 439. The summed E-state index contributed by atoms with van der Waals surface area (Å²) >= 11 is 0. The van der Waals surface area contributed by atoms with E-state index in [1.807, 2.05) is 11.8 Å². The van der Waals surface area contributed by atoms with Gasteiger partial charge in [-0.1, -0.05) is 13.8 Å². The quantitative estimate of drug-likeness (QED) is 0.735. The molecule has 1 amide bonds. The zero-order chi connectivity index (χ0) is 18.4. The standard InChI is InChI=1S/C19H36N4O2/c1-15(2)20-17(4)19(25)23-11-9-22(10-12-23)14-18-5-7-21(8-6-18)13-16(3)24/h15,17-18,20H,5-14H2,1-4H3. The van der Waals surface area contributed by atoms with Gasteiger partial charge >= 0.3 is 0 Å². The second kappa shape index (κ2) is 9.64. The lowest BCUT2D eigenvalue weighted by atomic mass is 9.95. The number of carbonyl (C=O) groups is 2. The molecular formula is C19H36N4O2. The average Bonchev–Trinajstić information content (AvgIpc) is 2.55. The van der Waals surface area contributed by atoms with Gasteiger partial charge in [-0.2, -0.15) is 0 Å². The predicted octanol–water partition coefficient (Wildman–Crippen LogP) is 0.818. The first-order chi connectivity index (χ1) is 11.8. The van der Waals surface area contributed by atoms with Gasteiger partial charge in [0.25, 0.3) is 0 Å². The molecule has 1 unspecified atom stereocenters. The first kappa shape index (κ1) is 20.3. The zero-order valence-corrected chi connectivity index (χ0v) is 16.5. The number of rotatable bonds is 7. The van der Waals surface area contributed by atoms with Crippen LogP contribution in [0.1, 0.15) is 40.5 Å². The number of piperidine rings is 1. The van der Waals surface area contributed by atoms with Crippen molar-refractivity contribution in [3.05, 3.63) is 0 Å². The van der Waals surface area contributed by atoms with Gasteiger partial charge in [0.15, 0.2) is 0 Å². The molecule has 0 aromatic rings. The average molecular weight is 353 g/mol. The third kappa shape index (κ3) is 6.68. The number of carbonyl (C=O) groups excluding carboxylic acids is 2. The van der Waals surface area contributed by atoms with Crippen LogP contribution >= 0.6 is 0 Å². The van der Waals surface area contributed by atoms with E-state index < -0.39 is 0 Å². The van der Waals surface area contributed by atoms with Crippen LogP contribution in [0.5, 0.6) is 0 Å². The van der Waals surface area contributed by atoms with Gasteiger partial charge in [0, 0.05) is 38.8 Å². The van der Waals surface area contributed by atoms with Crippen molar-refractivity contribution in [2.24, 2.45) is 5.92 Å². The van der Waals surface area contributed by atoms with Crippen molar-refractivity contribution < 1.29 is 9.59 Å². The molecule has 1 N–H and O–H groups in total. The van der Waals surface area contributed by atoms with Crippen LogP contribution in [0, 0.1) is 5.92 Å². The monoisotopic (exact) mass is 352 g/mol. The highest BCUT2D eigenvalue weighted by molar-refractivity contribution is 5.81. The van der Waals surface area contributed by atoms with E-state index in [0.29, 0.717) is 12.6 Å². The van der Waals surface area contributed by atoms with Gasteiger partial charge in [0.2, 0.25) is 5.91 Å². The molecule has 0 radical (unpaired) electrons. The highest BCUT2D eigenvalue weighted by atomic mass is 16.2. The van der Waals surface area contributed by atoms with Gasteiger partial charge in [-0.15, -0.1) is 0 Å². The number of Topliss-reactive ketones (excluding diaryl/α,β-unsaturated/α-hetero) is 1. The van der Waals surface area contributed by atoms with Gasteiger partial charge in [-0.25, -0.2) is 0 Å². The number of likely N-dealkylation sites (tertiary alicyclic amines) is 1. The molecule has 0 saturated carbocycles. The van der Waals surface area contributed by atoms with Crippen LogP contribution in [0.2, 0.25) is 0 Å². The Labute approximate surface area is 152 Å². The van der Waals surface area contributed by atoms with E-state index in [1.54, 1.807) is 6.92 Å². The van der Waals surface area contributed by atoms with Crippen LogP contribution in [0.15, 0.2) is 0 Å². The van der Waals surface area contributed by atoms with Crippen molar-refractivity contribution in [3.63, 3.8) is 0 Å². The van der Waals surface area contributed by atoms with Crippen molar-refractivity contribution in [2.75, 3.05) is 52.4 Å². The Morgan fingerprint density at radius 2 is 1.56 bits per heavy atom. The molecule has 2 heterocycles. The summed E-state index contributed by atoms with van der Waals surface area (Å²) in [5, 5.41) is 3.30. The van der Waals surface area contributed by atoms with Crippen LogP contribution in [-0.4, -0.2) is 90.8 Å². The Hall–Kier alpha value is -0.980. The molecule has 0 spiro atoms. The van der Waals surface area contributed by atoms with E-state index in [1.165, 1.54) is 12.8 Å². The third-order valence-corrected chi connectivity index (χ3v) is 5.31. The van der Waals surface area contributed by atoms with E-state index in [2.05, 4.69) is 29.0 Å². The fourth-order valence-electron chi connectivity index (χ4n) is 4.00. The molecule has 2 aliphatic rings. The predicted molar refractivity (Wildman–Crippen MR) is 101 cm³/mol. The second-order valence-corrected chi connectivity index (χ2v) is 8.09. The van der Waals surface area contributed by atoms with Crippen LogP contribution in [0.3, 0.4) is 0 Å². The number of nitrogens with zero attached hydrogens (tertiary/aromatic N) is 3. The first-order valence-corrected chi connectivity index (χ1v) is 9.84. The Morgan fingerprint density at radius 3 is 2.08 bits per heavy atom. The van der Waals surface area contributed by atoms with E-state index in [9.17, 15) is 9.59 Å². The zero-order valence-electron chi connectivity index (χ0n) is 16.5. The molecule has 144 valence electrons. The molecule has 2 saturated heterocycles. The number of ketones is 1. The summed E-state index contributed by atoms with van der Waals surface area (Å²) in [7, 11) is 0. The molecule has 0 aliphatic carbocycles. The van der Waals surface area contributed by atoms with Crippen molar-refractivity contribution in [2.45, 2.75) is 52.6 Å². The minimum Gasteiger partial charge on any atom is -0.339 e. The van der Waals surface area contributed by atoms with Crippen LogP contribution < -0.4 is 5.32 Å². The molecule has 2 fully saturated rings. The molecule has 0 bridgehead atoms. The summed E-state index contributed by atoms with van der Waals surface area (Å²) in [6, 6.07) is 0.228. The third-order valence-electron chi connectivity index (χ3n) is 5.31. The lowest BCUT2D eigenvalue weighted by Crippen LogP contribution is -2.55. The Morgan fingerprint density at radius 1 is 0.960 bits per heavy atom. The molecule has 0 aromatic heterocycles. The van der Waals surface area contributed by atoms with E-state index in [4.69, 9.17) is 0 Å². The largest absolute Gasteiger partial charge is 0.339 e. The normalized spacial score (nSPS) is 22.4. The van der Waals surface area contributed by atoms with Crippen molar-refractivity contribution in [1.82, 2.24) is 20.0 Å². The fourth-order valence-corrected chi connectivity index (χ4v) is 4.00. The minimum atomic E-state index is -0.0999. The van der Waals surface area contributed by atoms with Crippen LogP contribution in [0.4, 0.5) is 0 Å². The number of nitrogens with one attached hydrogen (secondary N) is 1. The molecule has 1 atom stereocenters. The molecule has 25 heavy (non-hydrogen) atoms. The maximum absolute atomic E-state index is 12.5. The first-order valence-electron chi connectivity index (χ1n) is 9.84. The van der Waals surface area contributed by atoms with Gasteiger partial charge in [-0.05, 0) is 45.7 Å². The Balaban J connectivity index is 1.67. The van der Waals surface area contributed by atoms with Crippen molar-refractivity contribution in [1.29, 1.82) is 0 Å². The number of piperazine rings is 1. The van der Waals surface area contributed by atoms with Gasteiger partial charge in [0.05, 0.1) is 12.6 Å². The molecule has 2 rings (SSSR count). The van der Waals surface area contributed by atoms with E-state index in [-0.39, 0.29) is 17.7 Å². The summed E-state index contributed by atoms with van der Waals surface area (Å²) in [4.78, 5) is 30.5. The smallest absolute Gasteiger partial charge is 0.239 e. The highest BCUT2D eigenvalue weighted by Crippen LogP contribution is 2.19. The van der Waals surface area contributed by atoms with Crippen LogP contribution in [-0.2, 0) is 9.59 Å². The molecular weight excluding hydrogens is 316 g/mol. The number of hydrogen-bond acceptors (Lipinski definition) is 5. The summed E-state index contributed by atoms with van der Waals surface area (Å²) in [6.45, 7) is 15.2. The molecule has 6 heteroatoms. The van der Waals surface area contributed by atoms with Crippen molar-refractivity contribution in [3.8, 4) is 0 Å². The SMILES string of the molecule is CC(=O)CN1CCC(CN2CCN(C(=O)C(C)NC(C)C)CC2)CC1. The fraction of sp³-hybridized carbons (Fsp3) is 0.895. The maximum atomic E-state index is 12.5. The summed E-state index contributed by atoms with van der Waals surface area (Å²) < 4.78 is 0. The van der Waals surface area contributed by atoms with Crippen molar-refractivity contribution >= 4 is 11.7 Å². The lowest BCUT2D eigenvalue weighted by Gasteiger charge is -2.39. The van der Waals surface area contributed by atoms with Crippen LogP contribution in [0.25, 0.3) is 0 Å². The van der Waals surface area contributed by atoms with Gasteiger partial charge in [0.1, 0.15) is 5.78 Å². The molecule has 0 aromatic carbocycles. The summed E-state index contributed by atoms with van der Waals surface area (Å²) in [6.07, 6.45) is 2.36. The lowest BCUT2D eigenvalue weighted by molar-refractivity contribution is -0.135. The Kier molecular flexibility index (Phi) is 7.84. The number of hydrogen-bond donors (Lipinski definition) is 1. The number of amides is 1. The van der Waals surface area contributed by atoms with Gasteiger partial charge in [-0.3, -0.25) is 19.4 Å². The van der Waals surface area contributed by atoms with E-state index >= 15 is 0 Å². The maximum Gasteiger partial charge on any atom is 0.239 e. The molecule has 6 nitrogen and oxygen atoms in total.